The molecule has 4 heteroatoms. The number of carbonyl (C=O) groups is 1. The van der Waals surface area contributed by atoms with Crippen molar-refractivity contribution in [1.82, 2.24) is 4.98 Å². The fraction of sp³-hybridized carbons (Fsp3) is 0.455. The largest absolute Gasteiger partial charge is 0.327 e. The quantitative estimate of drug-likeness (QED) is 0.774. The third-order valence-corrected chi connectivity index (χ3v) is 2.58. The molecule has 1 unspecified atom stereocenters. The number of hydrogen-bond acceptors (Lipinski definition) is 3. The molecule has 3 N–H and O–H groups in total. The maximum atomic E-state index is 11.5. The van der Waals surface area contributed by atoms with Crippen molar-refractivity contribution in [2.75, 3.05) is 5.32 Å². The van der Waals surface area contributed by atoms with Crippen molar-refractivity contribution in [1.29, 1.82) is 0 Å². The van der Waals surface area contributed by atoms with E-state index in [1.54, 1.807) is 12.3 Å². The van der Waals surface area contributed by atoms with Gasteiger partial charge in [0, 0.05) is 18.7 Å². The molecule has 1 aliphatic carbocycles. The third-order valence-electron chi connectivity index (χ3n) is 2.58. The van der Waals surface area contributed by atoms with Gasteiger partial charge in [0.1, 0.15) is 5.82 Å². The minimum Gasteiger partial charge on any atom is -0.327 e. The molecule has 0 radical (unpaired) electrons. The summed E-state index contributed by atoms with van der Waals surface area (Å²) >= 11 is 0. The van der Waals surface area contributed by atoms with Gasteiger partial charge in [-0.25, -0.2) is 4.98 Å². The topological polar surface area (TPSA) is 68.0 Å². The lowest BCUT2D eigenvalue weighted by Gasteiger charge is -2.09. The predicted octanol–water partition coefficient (Wildman–Crippen LogP) is 1.15. The van der Waals surface area contributed by atoms with Gasteiger partial charge in [0.05, 0.1) is 0 Å². The van der Waals surface area contributed by atoms with Crippen molar-refractivity contribution >= 4 is 11.7 Å². The molecule has 0 spiro atoms. The van der Waals surface area contributed by atoms with E-state index in [9.17, 15) is 4.79 Å². The number of aromatic nitrogens is 1. The lowest BCUT2D eigenvalue weighted by atomic mass is 10.1. The Bertz CT molecular complexity index is 335. The van der Waals surface area contributed by atoms with E-state index in [0.29, 0.717) is 18.2 Å². The molecule has 1 saturated carbocycles. The van der Waals surface area contributed by atoms with Gasteiger partial charge in [0.2, 0.25) is 5.91 Å². The first-order valence-corrected chi connectivity index (χ1v) is 5.22. The summed E-state index contributed by atoms with van der Waals surface area (Å²) in [5.74, 6) is 1.10. The Morgan fingerprint density at radius 3 is 3.00 bits per heavy atom. The smallest absolute Gasteiger partial charge is 0.227 e. The van der Waals surface area contributed by atoms with Gasteiger partial charge in [0.25, 0.3) is 0 Å². The normalized spacial score (nSPS) is 17.1. The molecule has 1 aromatic heterocycles. The van der Waals surface area contributed by atoms with Gasteiger partial charge in [-0.3, -0.25) is 4.79 Å². The Morgan fingerprint density at radius 1 is 1.60 bits per heavy atom. The molecule has 1 aromatic rings. The molecule has 1 amide bonds. The number of carbonyl (C=O) groups excluding carboxylic acids is 1. The maximum absolute atomic E-state index is 11.5. The number of nitrogens with one attached hydrogen (secondary N) is 1. The first kappa shape index (κ1) is 10.1. The van der Waals surface area contributed by atoms with Crippen LogP contribution < -0.4 is 11.1 Å². The Labute approximate surface area is 88.9 Å². The molecule has 0 aliphatic heterocycles. The van der Waals surface area contributed by atoms with Crippen molar-refractivity contribution in [3.8, 4) is 0 Å². The number of rotatable bonds is 4. The number of pyridine rings is 1. The fourth-order valence-electron chi connectivity index (χ4n) is 1.54. The summed E-state index contributed by atoms with van der Waals surface area (Å²) in [6.45, 7) is 0. The summed E-state index contributed by atoms with van der Waals surface area (Å²) in [5.41, 5.74) is 5.85. The molecule has 4 nitrogen and oxygen atoms in total. The van der Waals surface area contributed by atoms with Gasteiger partial charge < -0.3 is 11.1 Å². The average Bonchev–Trinajstić information content (AvgIpc) is 3.01. The second-order valence-electron chi connectivity index (χ2n) is 3.97. The van der Waals surface area contributed by atoms with Crippen LogP contribution in [0.5, 0.6) is 0 Å². The Hall–Kier alpha value is -1.42. The SMILES string of the molecule is NC(CC(=O)Nc1ccccn1)C1CC1. The minimum atomic E-state index is -0.0481. The van der Waals surface area contributed by atoms with Crippen LogP contribution in [0.3, 0.4) is 0 Å². The molecule has 80 valence electrons. The van der Waals surface area contributed by atoms with Gasteiger partial charge in [0.15, 0.2) is 0 Å². The minimum absolute atomic E-state index is 0.00807. The van der Waals surface area contributed by atoms with E-state index in [1.165, 1.54) is 0 Å². The van der Waals surface area contributed by atoms with E-state index in [-0.39, 0.29) is 11.9 Å². The highest BCUT2D eigenvalue weighted by Crippen LogP contribution is 2.32. The van der Waals surface area contributed by atoms with Gasteiger partial charge in [-0.1, -0.05) is 6.07 Å². The van der Waals surface area contributed by atoms with Crippen LogP contribution in [0.1, 0.15) is 19.3 Å². The molecule has 0 bridgehead atoms. The van der Waals surface area contributed by atoms with Crippen molar-refractivity contribution in [3.63, 3.8) is 0 Å². The molecular formula is C11H15N3O. The van der Waals surface area contributed by atoms with Crippen LogP contribution in [0.2, 0.25) is 0 Å². The first-order valence-electron chi connectivity index (χ1n) is 5.22. The zero-order valence-electron chi connectivity index (χ0n) is 8.52. The highest BCUT2D eigenvalue weighted by Gasteiger charge is 2.29. The van der Waals surface area contributed by atoms with Crippen molar-refractivity contribution in [2.24, 2.45) is 11.7 Å². The van der Waals surface area contributed by atoms with E-state index in [0.717, 1.165) is 12.8 Å². The average molecular weight is 205 g/mol. The first-order chi connectivity index (χ1) is 7.25. The second kappa shape index (κ2) is 4.40. The summed E-state index contributed by atoms with van der Waals surface area (Å²) in [7, 11) is 0. The lowest BCUT2D eigenvalue weighted by Crippen LogP contribution is -2.29. The molecule has 1 fully saturated rings. The molecule has 1 aliphatic rings. The van der Waals surface area contributed by atoms with E-state index in [2.05, 4.69) is 10.3 Å². The van der Waals surface area contributed by atoms with Crippen LogP contribution in [-0.4, -0.2) is 16.9 Å². The van der Waals surface area contributed by atoms with E-state index < -0.39 is 0 Å². The monoisotopic (exact) mass is 205 g/mol. The van der Waals surface area contributed by atoms with Crippen LogP contribution in [0.4, 0.5) is 5.82 Å². The Morgan fingerprint density at radius 2 is 2.40 bits per heavy atom. The molecule has 2 rings (SSSR count). The highest BCUT2D eigenvalue weighted by atomic mass is 16.1. The van der Waals surface area contributed by atoms with Crippen LogP contribution in [0, 0.1) is 5.92 Å². The molecule has 0 aromatic carbocycles. The predicted molar refractivity (Wildman–Crippen MR) is 58.2 cm³/mol. The Balaban J connectivity index is 1.81. The van der Waals surface area contributed by atoms with Crippen molar-refractivity contribution in [3.05, 3.63) is 24.4 Å². The number of anilines is 1. The Kier molecular flexibility index (Phi) is 2.97. The zero-order valence-corrected chi connectivity index (χ0v) is 8.52. The van der Waals surface area contributed by atoms with Crippen LogP contribution in [0.15, 0.2) is 24.4 Å². The number of hydrogen-bond donors (Lipinski definition) is 2. The zero-order chi connectivity index (χ0) is 10.7. The van der Waals surface area contributed by atoms with Crippen molar-refractivity contribution < 1.29 is 4.79 Å². The van der Waals surface area contributed by atoms with Gasteiger partial charge in [-0.2, -0.15) is 0 Å². The van der Waals surface area contributed by atoms with Gasteiger partial charge in [-0.05, 0) is 30.9 Å². The van der Waals surface area contributed by atoms with Crippen LogP contribution in [0.25, 0.3) is 0 Å². The third kappa shape index (κ3) is 3.02. The van der Waals surface area contributed by atoms with Crippen LogP contribution >= 0.6 is 0 Å². The molecular weight excluding hydrogens is 190 g/mol. The summed E-state index contributed by atoms with van der Waals surface area (Å²) in [4.78, 5) is 15.5. The van der Waals surface area contributed by atoms with Crippen LogP contribution in [-0.2, 0) is 4.79 Å². The number of amides is 1. The van der Waals surface area contributed by atoms with Crippen molar-refractivity contribution in [2.45, 2.75) is 25.3 Å². The second-order valence-corrected chi connectivity index (χ2v) is 3.97. The highest BCUT2D eigenvalue weighted by molar-refractivity contribution is 5.90. The molecule has 0 saturated heterocycles. The number of nitrogens with two attached hydrogens (primary N) is 1. The van der Waals surface area contributed by atoms with E-state index >= 15 is 0 Å². The van der Waals surface area contributed by atoms with Gasteiger partial charge >= 0.3 is 0 Å². The summed E-state index contributed by atoms with van der Waals surface area (Å²) < 4.78 is 0. The van der Waals surface area contributed by atoms with E-state index in [4.69, 9.17) is 5.73 Å². The summed E-state index contributed by atoms with van der Waals surface area (Å²) in [5, 5.41) is 2.73. The molecule has 1 atom stereocenters. The molecule has 15 heavy (non-hydrogen) atoms. The summed E-state index contributed by atoms with van der Waals surface area (Å²) in [6, 6.07) is 5.42. The number of nitrogens with zero attached hydrogens (tertiary/aromatic N) is 1. The molecule has 1 heterocycles. The maximum Gasteiger partial charge on any atom is 0.227 e. The fourth-order valence-corrected chi connectivity index (χ4v) is 1.54. The van der Waals surface area contributed by atoms with E-state index in [1.807, 2.05) is 12.1 Å². The summed E-state index contributed by atoms with van der Waals surface area (Å²) in [6.07, 6.45) is 4.37. The standard InChI is InChI=1S/C11H15N3O/c12-9(8-4-5-8)7-11(15)14-10-3-1-2-6-13-10/h1-3,6,8-9H,4-5,7,12H2,(H,13,14,15). The van der Waals surface area contributed by atoms with Gasteiger partial charge in [-0.15, -0.1) is 0 Å². The lowest BCUT2D eigenvalue weighted by molar-refractivity contribution is -0.116.